The monoisotopic (exact) mass is 509 g/mol. The first-order valence-corrected chi connectivity index (χ1v) is 12.4. The first-order valence-electron chi connectivity index (χ1n) is 11.1. The number of morpholine rings is 1. The third kappa shape index (κ3) is 5.10. The molecule has 3 aromatic carbocycles. The van der Waals surface area contributed by atoms with E-state index in [4.69, 9.17) is 21.3 Å². The lowest BCUT2D eigenvalue weighted by atomic mass is 10.1. The summed E-state index contributed by atoms with van der Waals surface area (Å²) >= 11 is 7.38. The second kappa shape index (κ2) is 10.2. The molecule has 6 nitrogen and oxygen atoms in total. The molecule has 0 radical (unpaired) electrons. The van der Waals surface area contributed by atoms with Gasteiger partial charge in [0.1, 0.15) is 5.82 Å². The number of carbonyl (C=O) groups is 1. The van der Waals surface area contributed by atoms with Crippen LogP contribution in [0.1, 0.15) is 15.9 Å². The molecule has 1 aliphatic heterocycles. The van der Waals surface area contributed by atoms with E-state index in [1.54, 1.807) is 35.2 Å². The summed E-state index contributed by atoms with van der Waals surface area (Å²) in [5.74, 6) is 0.0372. The SMILES string of the molecule is O=C(c1ccc2c(=O)n(-c3ccc(F)cc3)c(SCc3ccc(Cl)cc3)nc2c1)N1CCOCC1. The molecular weight excluding hydrogens is 489 g/mol. The van der Waals surface area contributed by atoms with E-state index >= 15 is 0 Å². The minimum atomic E-state index is -0.391. The van der Waals surface area contributed by atoms with Crippen molar-refractivity contribution in [2.75, 3.05) is 26.3 Å². The summed E-state index contributed by atoms with van der Waals surface area (Å²) < 4.78 is 20.4. The predicted molar refractivity (Wildman–Crippen MR) is 135 cm³/mol. The fraction of sp³-hybridized carbons (Fsp3) is 0.192. The highest BCUT2D eigenvalue weighted by Gasteiger charge is 2.20. The van der Waals surface area contributed by atoms with Gasteiger partial charge in [0.05, 0.1) is 29.8 Å². The topological polar surface area (TPSA) is 64.4 Å². The number of hydrogen-bond acceptors (Lipinski definition) is 5. The van der Waals surface area contributed by atoms with E-state index in [-0.39, 0.29) is 11.5 Å². The van der Waals surface area contributed by atoms with Crippen LogP contribution in [0.4, 0.5) is 4.39 Å². The van der Waals surface area contributed by atoms with Gasteiger partial charge in [-0.25, -0.2) is 9.37 Å². The minimum absolute atomic E-state index is 0.116. The maximum Gasteiger partial charge on any atom is 0.266 e. The van der Waals surface area contributed by atoms with E-state index in [0.717, 1.165) is 5.56 Å². The minimum Gasteiger partial charge on any atom is -0.378 e. The van der Waals surface area contributed by atoms with Crippen LogP contribution >= 0.6 is 23.4 Å². The van der Waals surface area contributed by atoms with Gasteiger partial charge in [-0.2, -0.15) is 0 Å². The van der Waals surface area contributed by atoms with Crippen LogP contribution in [0, 0.1) is 5.82 Å². The molecule has 1 amide bonds. The van der Waals surface area contributed by atoms with Crippen molar-refractivity contribution in [3.05, 3.63) is 99.1 Å². The Morgan fingerprint density at radius 1 is 1.03 bits per heavy atom. The first kappa shape index (κ1) is 23.5. The molecule has 1 aliphatic rings. The van der Waals surface area contributed by atoms with Crippen LogP contribution in [0.25, 0.3) is 16.6 Å². The van der Waals surface area contributed by atoms with Gasteiger partial charge in [0.25, 0.3) is 11.5 Å². The van der Waals surface area contributed by atoms with Crippen molar-refractivity contribution in [2.24, 2.45) is 0 Å². The molecule has 2 heterocycles. The normalized spacial score (nSPS) is 13.8. The molecule has 1 aromatic heterocycles. The van der Waals surface area contributed by atoms with Crippen LogP contribution in [0.5, 0.6) is 0 Å². The van der Waals surface area contributed by atoms with Gasteiger partial charge >= 0.3 is 0 Å². The largest absolute Gasteiger partial charge is 0.378 e. The maximum atomic E-state index is 13.6. The standard InChI is InChI=1S/C26H21ClFN3O3S/c27-19-4-1-17(2-5-19)16-35-26-29-23-15-18(24(32)30-11-13-34-14-12-30)3-10-22(23)25(33)31(26)21-8-6-20(28)7-9-21/h1-10,15H,11-14,16H2. The molecule has 0 N–H and O–H groups in total. The highest BCUT2D eigenvalue weighted by molar-refractivity contribution is 7.98. The maximum absolute atomic E-state index is 13.6. The van der Waals surface area contributed by atoms with Crippen LogP contribution in [-0.4, -0.2) is 46.7 Å². The van der Waals surface area contributed by atoms with Crippen LogP contribution in [0.2, 0.25) is 5.02 Å². The molecule has 1 fully saturated rings. The molecule has 0 spiro atoms. The molecule has 0 unspecified atom stereocenters. The lowest BCUT2D eigenvalue weighted by molar-refractivity contribution is 0.0303. The second-order valence-electron chi connectivity index (χ2n) is 8.06. The van der Waals surface area contributed by atoms with Gasteiger partial charge in [-0.1, -0.05) is 35.5 Å². The number of aromatic nitrogens is 2. The van der Waals surface area contributed by atoms with E-state index in [1.165, 1.54) is 28.5 Å². The quantitative estimate of drug-likeness (QED) is 0.281. The van der Waals surface area contributed by atoms with Gasteiger partial charge in [0.15, 0.2) is 5.16 Å². The Morgan fingerprint density at radius 3 is 2.46 bits per heavy atom. The molecule has 5 rings (SSSR count). The molecular formula is C26H21ClFN3O3S. The summed E-state index contributed by atoms with van der Waals surface area (Å²) in [6, 6.07) is 18.1. The molecule has 0 atom stereocenters. The number of rotatable bonds is 5. The van der Waals surface area contributed by atoms with Gasteiger partial charge < -0.3 is 9.64 Å². The first-order chi connectivity index (χ1) is 17.0. The van der Waals surface area contributed by atoms with E-state index in [2.05, 4.69) is 0 Å². The molecule has 9 heteroatoms. The fourth-order valence-corrected chi connectivity index (χ4v) is 4.99. The van der Waals surface area contributed by atoms with Crippen molar-refractivity contribution in [1.82, 2.24) is 14.5 Å². The van der Waals surface area contributed by atoms with Crippen molar-refractivity contribution in [2.45, 2.75) is 10.9 Å². The zero-order chi connectivity index (χ0) is 24.4. The molecule has 0 aliphatic carbocycles. The molecule has 35 heavy (non-hydrogen) atoms. The summed E-state index contributed by atoms with van der Waals surface area (Å²) in [7, 11) is 0. The van der Waals surface area contributed by atoms with Gasteiger partial charge in [-0.15, -0.1) is 0 Å². The zero-order valence-corrected chi connectivity index (χ0v) is 20.2. The Morgan fingerprint density at radius 2 is 1.74 bits per heavy atom. The van der Waals surface area contributed by atoms with E-state index in [0.29, 0.717) is 64.4 Å². The molecule has 0 saturated carbocycles. The Kier molecular flexibility index (Phi) is 6.86. The van der Waals surface area contributed by atoms with Crippen molar-refractivity contribution in [3.63, 3.8) is 0 Å². The molecule has 0 bridgehead atoms. The second-order valence-corrected chi connectivity index (χ2v) is 9.44. The zero-order valence-electron chi connectivity index (χ0n) is 18.6. The summed E-state index contributed by atoms with van der Waals surface area (Å²) in [4.78, 5) is 33.0. The Labute approximate surface area is 210 Å². The third-order valence-electron chi connectivity index (χ3n) is 5.75. The lowest BCUT2D eigenvalue weighted by Gasteiger charge is -2.26. The number of carbonyl (C=O) groups excluding carboxylic acids is 1. The highest BCUT2D eigenvalue weighted by atomic mass is 35.5. The van der Waals surface area contributed by atoms with Crippen LogP contribution in [0.15, 0.2) is 76.7 Å². The summed E-state index contributed by atoms with van der Waals surface area (Å²) in [5.41, 5.74) is 2.14. The lowest BCUT2D eigenvalue weighted by Crippen LogP contribution is -2.40. The number of ether oxygens (including phenoxy) is 1. The number of halogens is 2. The van der Waals surface area contributed by atoms with Crippen LogP contribution in [-0.2, 0) is 10.5 Å². The molecule has 1 saturated heterocycles. The number of benzene rings is 3. The van der Waals surface area contributed by atoms with E-state index < -0.39 is 5.82 Å². The Bertz CT molecular complexity index is 1440. The number of fused-ring (bicyclic) bond motifs is 1. The van der Waals surface area contributed by atoms with Gasteiger partial charge in [0.2, 0.25) is 0 Å². The fourth-order valence-electron chi connectivity index (χ4n) is 3.89. The van der Waals surface area contributed by atoms with Crippen LogP contribution < -0.4 is 5.56 Å². The van der Waals surface area contributed by atoms with Crippen molar-refractivity contribution in [1.29, 1.82) is 0 Å². The molecule has 4 aromatic rings. The molecule has 178 valence electrons. The van der Waals surface area contributed by atoms with E-state index in [9.17, 15) is 14.0 Å². The van der Waals surface area contributed by atoms with E-state index in [1.807, 2.05) is 24.3 Å². The average Bonchev–Trinajstić information content (AvgIpc) is 2.89. The highest BCUT2D eigenvalue weighted by Crippen LogP contribution is 2.26. The Balaban J connectivity index is 1.57. The summed E-state index contributed by atoms with van der Waals surface area (Å²) in [6.07, 6.45) is 0. The average molecular weight is 510 g/mol. The smallest absolute Gasteiger partial charge is 0.266 e. The van der Waals surface area contributed by atoms with Crippen molar-refractivity contribution in [3.8, 4) is 5.69 Å². The third-order valence-corrected chi connectivity index (χ3v) is 7.01. The summed E-state index contributed by atoms with van der Waals surface area (Å²) in [5, 5.41) is 1.46. The van der Waals surface area contributed by atoms with Gasteiger partial charge in [-0.05, 0) is 60.2 Å². The Hall–Kier alpha value is -3.20. The number of nitrogens with zero attached hydrogens (tertiary/aromatic N) is 3. The number of hydrogen-bond donors (Lipinski definition) is 0. The predicted octanol–water partition coefficient (Wildman–Crippen LogP) is 4.94. The number of amides is 1. The summed E-state index contributed by atoms with van der Waals surface area (Å²) in [6.45, 7) is 2.06. The van der Waals surface area contributed by atoms with Crippen molar-refractivity contribution < 1.29 is 13.9 Å². The number of thioether (sulfide) groups is 1. The van der Waals surface area contributed by atoms with Crippen molar-refractivity contribution >= 4 is 40.2 Å². The van der Waals surface area contributed by atoms with Gasteiger partial charge in [0, 0.05) is 29.4 Å². The van der Waals surface area contributed by atoms with Gasteiger partial charge in [-0.3, -0.25) is 14.2 Å². The van der Waals surface area contributed by atoms with Crippen LogP contribution in [0.3, 0.4) is 0 Å².